The molecule has 10 heteroatoms. The molecule has 2 rings (SSSR count). The van der Waals surface area contributed by atoms with E-state index in [-0.39, 0.29) is 28.2 Å². The second-order valence-corrected chi connectivity index (χ2v) is 9.48. The first-order chi connectivity index (χ1) is 13.2. The molecule has 0 heterocycles. The first kappa shape index (κ1) is 22.2. The SMILES string of the molecule is CN(C)S(=O)(=O)c1ccc(NC(=O)CSCC(=O)Nc2ccc(Cl)cc2)cc1. The van der Waals surface area contributed by atoms with Crippen molar-refractivity contribution < 1.29 is 18.0 Å². The van der Waals surface area contributed by atoms with E-state index in [9.17, 15) is 18.0 Å². The van der Waals surface area contributed by atoms with Crippen LogP contribution in [0.1, 0.15) is 0 Å². The van der Waals surface area contributed by atoms with Crippen LogP contribution in [0.15, 0.2) is 53.4 Å². The number of hydrogen-bond acceptors (Lipinski definition) is 5. The van der Waals surface area contributed by atoms with Gasteiger partial charge in [-0.2, -0.15) is 0 Å². The van der Waals surface area contributed by atoms with Gasteiger partial charge in [-0.05, 0) is 48.5 Å². The molecule has 0 aliphatic rings. The number of hydrogen-bond donors (Lipinski definition) is 2. The minimum Gasteiger partial charge on any atom is -0.325 e. The summed E-state index contributed by atoms with van der Waals surface area (Å²) in [4.78, 5) is 24.0. The van der Waals surface area contributed by atoms with Crippen molar-refractivity contribution in [2.24, 2.45) is 0 Å². The molecular weight excluding hydrogens is 422 g/mol. The minimum absolute atomic E-state index is 0.0891. The van der Waals surface area contributed by atoms with Gasteiger partial charge >= 0.3 is 0 Å². The van der Waals surface area contributed by atoms with Gasteiger partial charge in [0.25, 0.3) is 0 Å². The maximum absolute atomic E-state index is 12.0. The molecule has 7 nitrogen and oxygen atoms in total. The van der Waals surface area contributed by atoms with E-state index in [1.165, 1.54) is 50.1 Å². The van der Waals surface area contributed by atoms with Gasteiger partial charge in [0.05, 0.1) is 16.4 Å². The third-order valence-electron chi connectivity index (χ3n) is 3.51. The minimum atomic E-state index is -3.51. The van der Waals surface area contributed by atoms with Crippen molar-refractivity contribution in [1.29, 1.82) is 0 Å². The quantitative estimate of drug-likeness (QED) is 0.656. The van der Waals surface area contributed by atoms with E-state index in [4.69, 9.17) is 11.6 Å². The fraction of sp³-hybridized carbons (Fsp3) is 0.222. The molecule has 2 N–H and O–H groups in total. The summed E-state index contributed by atoms with van der Waals surface area (Å²) < 4.78 is 25.1. The Balaban J connectivity index is 1.78. The number of amides is 2. The lowest BCUT2D eigenvalue weighted by molar-refractivity contribution is -0.114. The van der Waals surface area contributed by atoms with Crippen molar-refractivity contribution in [3.8, 4) is 0 Å². The fourth-order valence-electron chi connectivity index (χ4n) is 2.08. The van der Waals surface area contributed by atoms with Crippen molar-refractivity contribution in [2.75, 3.05) is 36.2 Å². The van der Waals surface area contributed by atoms with Gasteiger partial charge in [0.15, 0.2) is 0 Å². The molecule has 0 unspecified atom stereocenters. The highest BCUT2D eigenvalue weighted by Gasteiger charge is 2.16. The molecule has 0 saturated heterocycles. The molecule has 0 fully saturated rings. The molecule has 0 aromatic heterocycles. The monoisotopic (exact) mass is 441 g/mol. The first-order valence-electron chi connectivity index (χ1n) is 8.14. The maximum Gasteiger partial charge on any atom is 0.242 e. The maximum atomic E-state index is 12.0. The smallest absolute Gasteiger partial charge is 0.242 e. The van der Waals surface area contributed by atoms with Crippen LogP contribution in [0.2, 0.25) is 5.02 Å². The van der Waals surface area contributed by atoms with Crippen LogP contribution in [0, 0.1) is 0 Å². The zero-order chi connectivity index (χ0) is 20.7. The summed E-state index contributed by atoms with van der Waals surface area (Å²) in [5, 5.41) is 5.96. The highest BCUT2D eigenvalue weighted by molar-refractivity contribution is 8.00. The molecule has 0 spiro atoms. The summed E-state index contributed by atoms with van der Waals surface area (Å²) >= 11 is 6.95. The average Bonchev–Trinajstić information content (AvgIpc) is 2.64. The number of halogens is 1. The lowest BCUT2D eigenvalue weighted by Crippen LogP contribution is -2.22. The Morgan fingerprint density at radius 1 is 0.893 bits per heavy atom. The van der Waals surface area contributed by atoms with Gasteiger partial charge in [0, 0.05) is 30.5 Å². The summed E-state index contributed by atoms with van der Waals surface area (Å²) in [5.74, 6) is -0.298. The number of thioether (sulfide) groups is 1. The zero-order valence-electron chi connectivity index (χ0n) is 15.3. The molecule has 0 radical (unpaired) electrons. The van der Waals surface area contributed by atoms with E-state index in [1.807, 2.05) is 0 Å². The number of sulfonamides is 1. The number of rotatable bonds is 8. The topological polar surface area (TPSA) is 95.6 Å². The second-order valence-electron chi connectivity index (χ2n) is 5.91. The van der Waals surface area contributed by atoms with Gasteiger partial charge < -0.3 is 10.6 Å². The summed E-state index contributed by atoms with van der Waals surface area (Å²) in [6.45, 7) is 0. The summed E-state index contributed by atoms with van der Waals surface area (Å²) in [6.07, 6.45) is 0. The molecule has 0 aliphatic carbocycles. The fourth-order valence-corrected chi connectivity index (χ4v) is 3.73. The van der Waals surface area contributed by atoms with Crippen molar-refractivity contribution in [3.63, 3.8) is 0 Å². The Morgan fingerprint density at radius 2 is 1.32 bits per heavy atom. The van der Waals surface area contributed by atoms with Gasteiger partial charge in [0.2, 0.25) is 21.8 Å². The molecule has 0 aliphatic heterocycles. The Labute approximate surface area is 173 Å². The first-order valence-corrected chi connectivity index (χ1v) is 11.1. The molecule has 0 atom stereocenters. The van der Waals surface area contributed by atoms with Crippen LogP contribution in [-0.2, 0) is 19.6 Å². The van der Waals surface area contributed by atoms with Gasteiger partial charge in [-0.25, -0.2) is 12.7 Å². The Hall–Kier alpha value is -2.07. The summed E-state index contributed by atoms with van der Waals surface area (Å²) in [7, 11) is -0.610. The molecular formula is C18H20ClN3O4S2. The number of benzene rings is 2. The summed E-state index contributed by atoms with van der Waals surface area (Å²) in [6, 6.07) is 12.6. The van der Waals surface area contributed by atoms with E-state index in [2.05, 4.69) is 10.6 Å². The lowest BCUT2D eigenvalue weighted by Gasteiger charge is -2.12. The van der Waals surface area contributed by atoms with E-state index in [0.717, 1.165) is 4.31 Å². The predicted octanol–water partition coefficient (Wildman–Crippen LogP) is 2.90. The van der Waals surface area contributed by atoms with Crippen molar-refractivity contribution >= 4 is 56.6 Å². The highest BCUT2D eigenvalue weighted by Crippen LogP contribution is 2.17. The van der Waals surface area contributed by atoms with Crippen molar-refractivity contribution in [3.05, 3.63) is 53.6 Å². The van der Waals surface area contributed by atoms with E-state index in [0.29, 0.717) is 16.4 Å². The predicted molar refractivity (Wildman–Crippen MR) is 113 cm³/mol. The van der Waals surface area contributed by atoms with E-state index in [1.54, 1.807) is 24.3 Å². The van der Waals surface area contributed by atoms with Crippen LogP contribution in [0.25, 0.3) is 0 Å². The number of carbonyl (C=O) groups is 2. The number of nitrogens with one attached hydrogen (secondary N) is 2. The van der Waals surface area contributed by atoms with E-state index >= 15 is 0 Å². The van der Waals surface area contributed by atoms with Crippen LogP contribution in [-0.4, -0.2) is 50.1 Å². The Kier molecular flexibility index (Phi) is 7.88. The van der Waals surface area contributed by atoms with Gasteiger partial charge in [0.1, 0.15) is 0 Å². The third kappa shape index (κ3) is 6.52. The largest absolute Gasteiger partial charge is 0.325 e. The van der Waals surface area contributed by atoms with Gasteiger partial charge in [-0.15, -0.1) is 11.8 Å². The van der Waals surface area contributed by atoms with Crippen LogP contribution >= 0.6 is 23.4 Å². The Bertz CT molecular complexity index is 930. The van der Waals surface area contributed by atoms with Gasteiger partial charge in [-0.3, -0.25) is 9.59 Å². The highest BCUT2D eigenvalue weighted by atomic mass is 35.5. The number of nitrogens with zero attached hydrogens (tertiary/aromatic N) is 1. The third-order valence-corrected chi connectivity index (χ3v) is 6.52. The van der Waals surface area contributed by atoms with Crippen molar-refractivity contribution in [1.82, 2.24) is 4.31 Å². The Morgan fingerprint density at radius 3 is 1.75 bits per heavy atom. The van der Waals surface area contributed by atoms with Crippen LogP contribution in [0.4, 0.5) is 11.4 Å². The van der Waals surface area contributed by atoms with Crippen LogP contribution < -0.4 is 10.6 Å². The number of carbonyl (C=O) groups excluding carboxylic acids is 2. The average molecular weight is 442 g/mol. The molecule has 28 heavy (non-hydrogen) atoms. The van der Waals surface area contributed by atoms with Crippen LogP contribution in [0.5, 0.6) is 0 Å². The molecule has 150 valence electrons. The number of anilines is 2. The van der Waals surface area contributed by atoms with Crippen molar-refractivity contribution in [2.45, 2.75) is 4.90 Å². The summed E-state index contributed by atoms with van der Waals surface area (Å²) in [5.41, 5.74) is 1.11. The molecule has 0 bridgehead atoms. The molecule has 2 aromatic carbocycles. The lowest BCUT2D eigenvalue weighted by atomic mass is 10.3. The zero-order valence-corrected chi connectivity index (χ0v) is 17.7. The van der Waals surface area contributed by atoms with Crippen LogP contribution in [0.3, 0.4) is 0 Å². The van der Waals surface area contributed by atoms with E-state index < -0.39 is 10.0 Å². The molecule has 2 amide bonds. The standard InChI is InChI=1S/C18H20ClN3O4S2/c1-22(2)28(25,26)16-9-7-15(8-10-16)21-18(24)12-27-11-17(23)20-14-5-3-13(19)4-6-14/h3-10H,11-12H2,1-2H3,(H,20,23)(H,21,24). The molecule has 0 saturated carbocycles. The second kappa shape index (κ2) is 9.92. The molecule has 2 aromatic rings. The normalized spacial score (nSPS) is 11.3. The van der Waals surface area contributed by atoms with Gasteiger partial charge in [-0.1, -0.05) is 11.6 Å².